The quantitative estimate of drug-likeness (QED) is 0.806. The molecule has 2 heterocycles. The van der Waals surface area contributed by atoms with Crippen LogP contribution in [0.25, 0.3) is 0 Å². The number of ether oxygens (including phenoxy) is 1. The summed E-state index contributed by atoms with van der Waals surface area (Å²) in [5.41, 5.74) is 0.113. The fraction of sp³-hybridized carbons (Fsp3) is 0.615. The monoisotopic (exact) mass is 314 g/mol. The first-order valence-corrected chi connectivity index (χ1v) is 7.14. The Morgan fingerprint density at radius 2 is 2.29 bits per heavy atom. The van der Waals surface area contributed by atoms with Crippen molar-refractivity contribution in [1.29, 1.82) is 0 Å². The molecule has 8 heteroatoms. The molecule has 0 aromatic carbocycles. The van der Waals surface area contributed by atoms with Gasteiger partial charge in [-0.3, -0.25) is 9.59 Å². The lowest BCUT2D eigenvalue weighted by molar-refractivity contribution is -0.141. The van der Waals surface area contributed by atoms with Crippen molar-refractivity contribution >= 4 is 23.3 Å². The number of aromatic nitrogens is 2. The fourth-order valence-corrected chi connectivity index (χ4v) is 2.57. The molecule has 1 fully saturated rings. The standard InChI is InChI=1S/C13H19ClN4O3/c1-8-6-17(9(2)4-15-8)10-5-16-18(7-11(19)21-3)13(20)12(10)14/h5,8-9,15H,4,6-7H2,1-3H3. The zero-order valence-electron chi connectivity index (χ0n) is 12.3. The number of rotatable bonds is 3. The van der Waals surface area contributed by atoms with Crippen LogP contribution in [0.4, 0.5) is 5.69 Å². The van der Waals surface area contributed by atoms with Gasteiger partial charge in [-0.05, 0) is 13.8 Å². The number of hydrogen-bond donors (Lipinski definition) is 1. The van der Waals surface area contributed by atoms with Crippen molar-refractivity contribution in [3.8, 4) is 0 Å². The Kier molecular flexibility index (Phi) is 4.84. The van der Waals surface area contributed by atoms with E-state index in [1.807, 2.05) is 0 Å². The first-order valence-electron chi connectivity index (χ1n) is 6.76. The first-order chi connectivity index (χ1) is 9.93. The maximum absolute atomic E-state index is 12.2. The van der Waals surface area contributed by atoms with E-state index in [0.717, 1.165) is 17.8 Å². The third-order valence-corrected chi connectivity index (χ3v) is 3.90. The van der Waals surface area contributed by atoms with Gasteiger partial charge in [0.25, 0.3) is 5.56 Å². The number of halogens is 1. The molecule has 116 valence electrons. The largest absolute Gasteiger partial charge is 0.468 e. The number of hydrogen-bond acceptors (Lipinski definition) is 6. The highest BCUT2D eigenvalue weighted by Crippen LogP contribution is 2.24. The Bertz CT molecular complexity index is 589. The van der Waals surface area contributed by atoms with Gasteiger partial charge in [-0.25, -0.2) is 4.68 Å². The highest BCUT2D eigenvalue weighted by atomic mass is 35.5. The van der Waals surface area contributed by atoms with Crippen LogP contribution in [-0.4, -0.2) is 48.0 Å². The molecule has 0 saturated carbocycles. The van der Waals surface area contributed by atoms with E-state index in [9.17, 15) is 9.59 Å². The lowest BCUT2D eigenvalue weighted by Crippen LogP contribution is -2.55. The highest BCUT2D eigenvalue weighted by molar-refractivity contribution is 6.33. The van der Waals surface area contributed by atoms with Crippen molar-refractivity contribution in [3.05, 3.63) is 21.6 Å². The molecule has 0 aliphatic carbocycles. The van der Waals surface area contributed by atoms with Crippen molar-refractivity contribution in [2.24, 2.45) is 0 Å². The molecular weight excluding hydrogens is 296 g/mol. The average Bonchev–Trinajstić information content (AvgIpc) is 2.47. The van der Waals surface area contributed by atoms with Crippen LogP contribution in [-0.2, 0) is 16.1 Å². The molecule has 2 unspecified atom stereocenters. The number of anilines is 1. The second kappa shape index (κ2) is 6.44. The maximum atomic E-state index is 12.2. The number of piperazine rings is 1. The maximum Gasteiger partial charge on any atom is 0.327 e. The molecule has 0 radical (unpaired) electrons. The second-order valence-corrected chi connectivity index (χ2v) is 5.57. The van der Waals surface area contributed by atoms with Crippen LogP contribution in [0.15, 0.2) is 11.0 Å². The molecule has 0 amide bonds. The number of carbonyl (C=O) groups is 1. The van der Waals surface area contributed by atoms with Gasteiger partial charge in [0, 0.05) is 25.2 Å². The Morgan fingerprint density at radius 1 is 1.57 bits per heavy atom. The molecular formula is C13H19ClN4O3. The van der Waals surface area contributed by atoms with E-state index in [2.05, 4.69) is 33.9 Å². The van der Waals surface area contributed by atoms with Gasteiger partial charge in [-0.2, -0.15) is 5.10 Å². The van der Waals surface area contributed by atoms with Crippen molar-refractivity contribution in [1.82, 2.24) is 15.1 Å². The Hall–Kier alpha value is -1.60. The molecule has 1 aliphatic heterocycles. The van der Waals surface area contributed by atoms with Crippen LogP contribution in [0.5, 0.6) is 0 Å². The van der Waals surface area contributed by atoms with Crippen molar-refractivity contribution < 1.29 is 9.53 Å². The molecule has 7 nitrogen and oxygen atoms in total. The zero-order valence-corrected chi connectivity index (χ0v) is 13.1. The zero-order chi connectivity index (χ0) is 15.6. The third kappa shape index (κ3) is 3.36. The first kappa shape index (κ1) is 15.8. The Balaban J connectivity index is 2.32. The summed E-state index contributed by atoms with van der Waals surface area (Å²) >= 11 is 6.18. The van der Waals surface area contributed by atoms with Gasteiger partial charge >= 0.3 is 5.97 Å². The predicted molar refractivity (Wildman–Crippen MR) is 79.8 cm³/mol. The lowest BCUT2D eigenvalue weighted by atomic mass is 10.1. The molecule has 1 aromatic rings. The van der Waals surface area contributed by atoms with E-state index in [0.29, 0.717) is 11.7 Å². The molecule has 0 spiro atoms. The van der Waals surface area contributed by atoms with Crippen LogP contribution in [0, 0.1) is 0 Å². The topological polar surface area (TPSA) is 76.5 Å². The molecule has 2 atom stereocenters. The second-order valence-electron chi connectivity index (χ2n) is 5.19. The van der Waals surface area contributed by atoms with Gasteiger partial charge in [0.05, 0.1) is 19.0 Å². The Morgan fingerprint density at radius 3 is 2.95 bits per heavy atom. The lowest BCUT2D eigenvalue weighted by Gasteiger charge is -2.39. The summed E-state index contributed by atoms with van der Waals surface area (Å²) in [6, 6.07) is 0.506. The fourth-order valence-electron chi connectivity index (χ4n) is 2.31. The van der Waals surface area contributed by atoms with Gasteiger partial charge in [0.15, 0.2) is 0 Å². The molecule has 2 rings (SSSR count). The SMILES string of the molecule is COC(=O)Cn1ncc(N2CC(C)NCC2C)c(Cl)c1=O. The normalized spacial score (nSPS) is 22.2. The summed E-state index contributed by atoms with van der Waals surface area (Å²) in [5, 5.41) is 7.46. The smallest absolute Gasteiger partial charge is 0.327 e. The van der Waals surface area contributed by atoms with Crippen molar-refractivity contribution in [3.63, 3.8) is 0 Å². The van der Waals surface area contributed by atoms with Gasteiger partial charge in [-0.15, -0.1) is 0 Å². The number of esters is 1. The summed E-state index contributed by atoms with van der Waals surface area (Å²) in [7, 11) is 1.26. The molecule has 1 aromatic heterocycles. The van der Waals surface area contributed by atoms with E-state index in [4.69, 9.17) is 11.6 Å². The van der Waals surface area contributed by atoms with E-state index >= 15 is 0 Å². The highest BCUT2D eigenvalue weighted by Gasteiger charge is 2.26. The van der Waals surface area contributed by atoms with Crippen LogP contribution in [0.1, 0.15) is 13.8 Å². The number of nitrogens with zero attached hydrogens (tertiary/aromatic N) is 3. The van der Waals surface area contributed by atoms with Crippen molar-refractivity contribution in [2.75, 3.05) is 25.1 Å². The summed E-state index contributed by atoms with van der Waals surface area (Å²) in [4.78, 5) is 25.5. The minimum Gasteiger partial charge on any atom is -0.468 e. The van der Waals surface area contributed by atoms with Gasteiger partial charge < -0.3 is 15.0 Å². The predicted octanol–water partition coefficient (Wildman–Crippen LogP) is 0.256. The van der Waals surface area contributed by atoms with Crippen LogP contribution < -0.4 is 15.8 Å². The number of carbonyl (C=O) groups excluding carboxylic acids is 1. The molecule has 1 N–H and O–H groups in total. The molecule has 1 saturated heterocycles. The summed E-state index contributed by atoms with van der Waals surface area (Å²) < 4.78 is 5.53. The van der Waals surface area contributed by atoms with E-state index in [-0.39, 0.29) is 17.6 Å². The third-order valence-electron chi connectivity index (χ3n) is 3.55. The molecule has 21 heavy (non-hydrogen) atoms. The minimum atomic E-state index is -0.544. The van der Waals surface area contributed by atoms with Gasteiger partial charge in [0.1, 0.15) is 11.6 Å². The molecule has 1 aliphatic rings. The summed E-state index contributed by atoms with van der Waals surface area (Å²) in [6.07, 6.45) is 1.53. The minimum absolute atomic E-state index is 0.0786. The van der Waals surface area contributed by atoms with Crippen LogP contribution in [0.2, 0.25) is 5.02 Å². The number of nitrogens with one attached hydrogen (secondary N) is 1. The summed E-state index contributed by atoms with van der Waals surface area (Å²) in [6.45, 7) is 5.42. The van der Waals surface area contributed by atoms with E-state index < -0.39 is 11.5 Å². The number of methoxy groups -OCH3 is 1. The summed E-state index contributed by atoms with van der Waals surface area (Å²) in [5.74, 6) is -0.544. The molecule has 0 bridgehead atoms. The average molecular weight is 315 g/mol. The van der Waals surface area contributed by atoms with Crippen molar-refractivity contribution in [2.45, 2.75) is 32.5 Å². The van der Waals surface area contributed by atoms with Gasteiger partial charge in [-0.1, -0.05) is 11.6 Å². The van der Waals surface area contributed by atoms with E-state index in [1.165, 1.54) is 13.3 Å². The van der Waals surface area contributed by atoms with Gasteiger partial charge in [0.2, 0.25) is 0 Å². The van der Waals surface area contributed by atoms with E-state index in [1.54, 1.807) is 0 Å². The Labute approximate surface area is 127 Å². The van der Waals surface area contributed by atoms with Crippen LogP contribution in [0.3, 0.4) is 0 Å². The van der Waals surface area contributed by atoms with Crippen LogP contribution >= 0.6 is 11.6 Å².